The fourth-order valence-electron chi connectivity index (χ4n) is 1.91. The van der Waals surface area contributed by atoms with Crippen molar-refractivity contribution in [2.45, 2.75) is 19.8 Å². The van der Waals surface area contributed by atoms with Gasteiger partial charge in [-0.05, 0) is 13.0 Å². The smallest absolute Gasteiger partial charge is 0.303 e. The van der Waals surface area contributed by atoms with Crippen LogP contribution in [0.25, 0.3) is 0 Å². The molecule has 0 aromatic carbocycles. The van der Waals surface area contributed by atoms with E-state index in [0.717, 1.165) is 32.7 Å². The SMILES string of the molecule is CCCCN1CCN(CCOP(=O)(O)O)CC1. The van der Waals surface area contributed by atoms with Gasteiger partial charge in [-0.2, -0.15) is 0 Å². The third kappa shape index (κ3) is 7.13. The maximum atomic E-state index is 10.5. The summed E-state index contributed by atoms with van der Waals surface area (Å²) in [6, 6.07) is 0. The second-order valence-electron chi connectivity index (χ2n) is 4.36. The molecule has 0 aromatic rings. The molecule has 1 fully saturated rings. The van der Waals surface area contributed by atoms with Gasteiger partial charge in [-0.15, -0.1) is 0 Å². The minimum Gasteiger partial charge on any atom is -0.303 e. The lowest BCUT2D eigenvalue weighted by Gasteiger charge is -2.34. The van der Waals surface area contributed by atoms with Gasteiger partial charge in [0.2, 0.25) is 0 Å². The lowest BCUT2D eigenvalue weighted by molar-refractivity contribution is 0.106. The van der Waals surface area contributed by atoms with Crippen molar-refractivity contribution in [2.75, 3.05) is 45.9 Å². The Morgan fingerprint density at radius 1 is 1.12 bits per heavy atom. The van der Waals surface area contributed by atoms with Crippen LogP contribution in [0.4, 0.5) is 0 Å². The Labute approximate surface area is 103 Å². The molecule has 1 saturated heterocycles. The molecule has 0 radical (unpaired) electrons. The topological polar surface area (TPSA) is 73.2 Å². The molecular weight excluding hydrogens is 243 g/mol. The van der Waals surface area contributed by atoms with Crippen LogP contribution >= 0.6 is 7.82 Å². The van der Waals surface area contributed by atoms with Gasteiger partial charge in [0.1, 0.15) is 0 Å². The van der Waals surface area contributed by atoms with Gasteiger partial charge >= 0.3 is 7.82 Å². The third-order valence-corrected chi connectivity index (χ3v) is 3.48. The zero-order valence-electron chi connectivity index (χ0n) is 10.4. The number of rotatable bonds is 7. The number of hydrogen-bond acceptors (Lipinski definition) is 4. The molecule has 1 aliphatic heterocycles. The number of phosphoric ester groups is 1. The fraction of sp³-hybridized carbons (Fsp3) is 1.00. The Morgan fingerprint density at radius 3 is 2.12 bits per heavy atom. The van der Waals surface area contributed by atoms with Gasteiger partial charge in [0.15, 0.2) is 0 Å². The van der Waals surface area contributed by atoms with Gasteiger partial charge in [-0.3, -0.25) is 9.42 Å². The summed E-state index contributed by atoms with van der Waals surface area (Å²) in [5, 5.41) is 0. The molecule has 102 valence electrons. The lowest BCUT2D eigenvalue weighted by atomic mass is 10.2. The third-order valence-electron chi connectivity index (χ3n) is 2.96. The predicted octanol–water partition coefficient (Wildman–Crippen LogP) is 0.513. The average Bonchev–Trinajstić information content (AvgIpc) is 2.26. The van der Waals surface area contributed by atoms with Crippen LogP contribution in [0.15, 0.2) is 0 Å². The fourth-order valence-corrected chi connectivity index (χ4v) is 2.23. The van der Waals surface area contributed by atoms with E-state index < -0.39 is 7.82 Å². The Bertz CT molecular complexity index is 251. The molecule has 0 bridgehead atoms. The summed E-state index contributed by atoms with van der Waals surface area (Å²) < 4.78 is 14.9. The number of phosphoric acid groups is 1. The molecule has 1 rings (SSSR count). The first-order chi connectivity index (χ1) is 8.01. The van der Waals surface area contributed by atoms with Crippen molar-refractivity contribution < 1.29 is 18.9 Å². The molecule has 1 heterocycles. The Balaban J connectivity index is 2.09. The van der Waals surface area contributed by atoms with E-state index in [1.807, 2.05) is 0 Å². The zero-order valence-corrected chi connectivity index (χ0v) is 11.3. The van der Waals surface area contributed by atoms with Gasteiger partial charge < -0.3 is 14.7 Å². The van der Waals surface area contributed by atoms with E-state index in [-0.39, 0.29) is 6.61 Å². The first kappa shape index (κ1) is 15.1. The van der Waals surface area contributed by atoms with Gasteiger partial charge in [0.05, 0.1) is 6.61 Å². The maximum absolute atomic E-state index is 10.5. The molecular formula is C10H23N2O4P. The normalized spacial score (nSPS) is 19.7. The van der Waals surface area contributed by atoms with Crippen LogP contribution < -0.4 is 0 Å². The van der Waals surface area contributed by atoms with Gasteiger partial charge in [0, 0.05) is 32.7 Å². The van der Waals surface area contributed by atoms with Crippen LogP contribution in [-0.4, -0.2) is 65.5 Å². The maximum Gasteiger partial charge on any atom is 0.469 e. The monoisotopic (exact) mass is 266 g/mol. The van der Waals surface area contributed by atoms with E-state index in [0.29, 0.717) is 6.54 Å². The Hall–Kier alpha value is 0.0300. The summed E-state index contributed by atoms with van der Waals surface area (Å²) in [6.45, 7) is 8.01. The minimum absolute atomic E-state index is 0.0965. The molecule has 0 amide bonds. The second-order valence-corrected chi connectivity index (χ2v) is 5.60. The van der Waals surface area contributed by atoms with E-state index in [1.165, 1.54) is 12.8 Å². The van der Waals surface area contributed by atoms with Crippen LogP contribution in [-0.2, 0) is 9.09 Å². The van der Waals surface area contributed by atoms with Crippen molar-refractivity contribution in [3.8, 4) is 0 Å². The Morgan fingerprint density at radius 2 is 1.65 bits per heavy atom. The molecule has 6 nitrogen and oxygen atoms in total. The second kappa shape index (κ2) is 7.46. The highest BCUT2D eigenvalue weighted by atomic mass is 31.2. The van der Waals surface area contributed by atoms with Gasteiger partial charge in [-0.1, -0.05) is 13.3 Å². The van der Waals surface area contributed by atoms with Crippen LogP contribution in [0.5, 0.6) is 0 Å². The van der Waals surface area contributed by atoms with Gasteiger partial charge in [0.25, 0.3) is 0 Å². The molecule has 0 aliphatic carbocycles. The minimum atomic E-state index is -4.30. The van der Waals surface area contributed by atoms with Crippen molar-refractivity contribution >= 4 is 7.82 Å². The van der Waals surface area contributed by atoms with Crippen molar-refractivity contribution in [3.05, 3.63) is 0 Å². The predicted molar refractivity (Wildman–Crippen MR) is 65.8 cm³/mol. The average molecular weight is 266 g/mol. The summed E-state index contributed by atoms with van der Waals surface area (Å²) >= 11 is 0. The molecule has 0 saturated carbocycles. The number of piperazine rings is 1. The van der Waals surface area contributed by atoms with Crippen LogP contribution in [0, 0.1) is 0 Å². The number of unbranched alkanes of at least 4 members (excludes halogenated alkanes) is 1. The molecule has 0 unspecified atom stereocenters. The summed E-state index contributed by atoms with van der Waals surface area (Å²) in [6.07, 6.45) is 2.46. The summed E-state index contributed by atoms with van der Waals surface area (Å²) in [4.78, 5) is 21.7. The number of hydrogen-bond donors (Lipinski definition) is 2. The highest BCUT2D eigenvalue weighted by molar-refractivity contribution is 7.46. The zero-order chi connectivity index (χ0) is 12.7. The van der Waals surface area contributed by atoms with E-state index in [9.17, 15) is 4.57 Å². The molecule has 0 spiro atoms. The standard InChI is InChI=1S/C10H23N2O4P/c1-2-3-4-11-5-7-12(8-6-11)9-10-16-17(13,14)15/h2-10H2,1H3,(H2,13,14,15). The molecule has 2 N–H and O–H groups in total. The largest absolute Gasteiger partial charge is 0.469 e. The lowest BCUT2D eigenvalue weighted by Crippen LogP contribution is -2.47. The van der Waals surface area contributed by atoms with Crippen LogP contribution in [0.1, 0.15) is 19.8 Å². The van der Waals surface area contributed by atoms with E-state index in [1.54, 1.807) is 0 Å². The summed E-state index contributed by atoms with van der Waals surface area (Å²) in [5.74, 6) is 0. The van der Waals surface area contributed by atoms with Crippen molar-refractivity contribution in [2.24, 2.45) is 0 Å². The molecule has 0 atom stereocenters. The highest BCUT2D eigenvalue weighted by Gasteiger charge is 2.18. The van der Waals surface area contributed by atoms with E-state index >= 15 is 0 Å². The first-order valence-corrected chi connectivity index (χ1v) is 7.69. The van der Waals surface area contributed by atoms with E-state index in [4.69, 9.17) is 9.79 Å². The van der Waals surface area contributed by atoms with Gasteiger partial charge in [-0.25, -0.2) is 4.57 Å². The summed E-state index contributed by atoms with van der Waals surface area (Å²) in [7, 11) is -4.30. The van der Waals surface area contributed by atoms with Crippen LogP contribution in [0.2, 0.25) is 0 Å². The summed E-state index contributed by atoms with van der Waals surface area (Å²) in [5.41, 5.74) is 0. The van der Waals surface area contributed by atoms with Crippen molar-refractivity contribution in [1.82, 2.24) is 9.80 Å². The van der Waals surface area contributed by atoms with Crippen molar-refractivity contribution in [1.29, 1.82) is 0 Å². The quantitative estimate of drug-likeness (QED) is 0.654. The molecule has 7 heteroatoms. The number of nitrogens with zero attached hydrogens (tertiary/aromatic N) is 2. The van der Waals surface area contributed by atoms with Crippen LogP contribution in [0.3, 0.4) is 0 Å². The Kier molecular flexibility index (Phi) is 6.62. The highest BCUT2D eigenvalue weighted by Crippen LogP contribution is 2.35. The molecule has 1 aliphatic rings. The van der Waals surface area contributed by atoms with E-state index in [2.05, 4.69) is 21.2 Å². The van der Waals surface area contributed by atoms with Crippen molar-refractivity contribution in [3.63, 3.8) is 0 Å². The first-order valence-electron chi connectivity index (χ1n) is 6.16. The molecule has 17 heavy (non-hydrogen) atoms. The molecule has 0 aromatic heterocycles.